The van der Waals surface area contributed by atoms with Gasteiger partial charge in [-0.05, 0) is 25.7 Å². The molecule has 0 aromatic carbocycles. The summed E-state index contributed by atoms with van der Waals surface area (Å²) in [6, 6.07) is 0. The number of ether oxygens (including phenoxy) is 1. The summed E-state index contributed by atoms with van der Waals surface area (Å²) in [5.74, 6) is 0. The number of aliphatic hydroxyl groups is 1. The SMILES string of the molecule is [CH2]CCC(CCCO)OC=O. The standard InChI is InChI=1S/C8H15O3/c1-2-4-8(11-7-10)5-3-6-9/h7-9H,1-6H2. The van der Waals surface area contributed by atoms with Crippen LogP contribution >= 0.6 is 0 Å². The quantitative estimate of drug-likeness (QED) is 0.562. The van der Waals surface area contributed by atoms with Crippen LogP contribution in [0.25, 0.3) is 0 Å². The summed E-state index contributed by atoms with van der Waals surface area (Å²) in [6.45, 7) is 4.26. The lowest BCUT2D eigenvalue weighted by molar-refractivity contribution is -0.134. The van der Waals surface area contributed by atoms with Crippen LogP contribution in [0, 0.1) is 6.92 Å². The number of carbonyl (C=O) groups is 1. The van der Waals surface area contributed by atoms with Crippen molar-refractivity contribution in [3.63, 3.8) is 0 Å². The zero-order valence-electron chi connectivity index (χ0n) is 6.66. The lowest BCUT2D eigenvalue weighted by atomic mass is 10.1. The Kier molecular flexibility index (Phi) is 7.15. The van der Waals surface area contributed by atoms with Crippen molar-refractivity contribution in [2.45, 2.75) is 31.8 Å². The van der Waals surface area contributed by atoms with Crippen LogP contribution in [0.1, 0.15) is 25.7 Å². The Morgan fingerprint density at radius 1 is 1.55 bits per heavy atom. The predicted octanol–water partition coefficient (Wildman–Crippen LogP) is 0.915. The molecule has 0 spiro atoms. The number of hydrogen-bond donors (Lipinski definition) is 1. The van der Waals surface area contributed by atoms with Gasteiger partial charge in [0, 0.05) is 6.61 Å². The molecule has 0 fully saturated rings. The van der Waals surface area contributed by atoms with Crippen LogP contribution in [0.5, 0.6) is 0 Å². The van der Waals surface area contributed by atoms with Crippen molar-refractivity contribution in [1.29, 1.82) is 0 Å². The lowest BCUT2D eigenvalue weighted by Crippen LogP contribution is -2.12. The summed E-state index contributed by atoms with van der Waals surface area (Å²) >= 11 is 0. The maximum absolute atomic E-state index is 9.95. The van der Waals surface area contributed by atoms with E-state index in [1.54, 1.807) is 0 Å². The van der Waals surface area contributed by atoms with Crippen molar-refractivity contribution < 1.29 is 14.6 Å². The highest BCUT2D eigenvalue weighted by atomic mass is 16.5. The largest absolute Gasteiger partial charge is 0.465 e. The highest BCUT2D eigenvalue weighted by Gasteiger charge is 2.06. The fourth-order valence-corrected chi connectivity index (χ4v) is 0.906. The Bertz CT molecular complexity index is 93.3. The molecule has 3 heteroatoms. The number of carbonyl (C=O) groups excluding carboxylic acids is 1. The Balaban J connectivity index is 3.41. The molecule has 3 nitrogen and oxygen atoms in total. The van der Waals surface area contributed by atoms with E-state index in [9.17, 15) is 4.79 Å². The Labute approximate surface area is 67.4 Å². The number of aliphatic hydroxyl groups excluding tert-OH is 1. The first kappa shape index (κ1) is 10.4. The van der Waals surface area contributed by atoms with Gasteiger partial charge in [-0.2, -0.15) is 0 Å². The van der Waals surface area contributed by atoms with Gasteiger partial charge in [0.25, 0.3) is 6.47 Å². The number of rotatable bonds is 7. The van der Waals surface area contributed by atoms with Crippen LogP contribution in [-0.2, 0) is 9.53 Å². The second-order valence-corrected chi connectivity index (χ2v) is 2.36. The summed E-state index contributed by atoms with van der Waals surface area (Å²) in [5, 5.41) is 8.49. The van der Waals surface area contributed by atoms with Crippen molar-refractivity contribution in [1.82, 2.24) is 0 Å². The predicted molar refractivity (Wildman–Crippen MR) is 41.8 cm³/mol. The maximum atomic E-state index is 9.95. The van der Waals surface area contributed by atoms with Crippen LogP contribution < -0.4 is 0 Å². The van der Waals surface area contributed by atoms with E-state index in [4.69, 9.17) is 9.84 Å². The molecule has 0 aromatic rings. The molecule has 1 radical (unpaired) electrons. The van der Waals surface area contributed by atoms with Gasteiger partial charge in [0.1, 0.15) is 6.10 Å². The first-order valence-corrected chi connectivity index (χ1v) is 3.84. The molecule has 0 aliphatic heterocycles. The first-order chi connectivity index (χ1) is 5.35. The van der Waals surface area contributed by atoms with E-state index in [2.05, 4.69) is 6.92 Å². The second kappa shape index (κ2) is 7.54. The van der Waals surface area contributed by atoms with E-state index in [1.165, 1.54) is 0 Å². The van der Waals surface area contributed by atoms with Crippen LogP contribution in [-0.4, -0.2) is 24.3 Å². The van der Waals surface area contributed by atoms with Crippen molar-refractivity contribution in [2.75, 3.05) is 6.61 Å². The van der Waals surface area contributed by atoms with Gasteiger partial charge < -0.3 is 9.84 Å². The third-order valence-electron chi connectivity index (χ3n) is 1.46. The minimum atomic E-state index is -0.0582. The fraction of sp³-hybridized carbons (Fsp3) is 0.750. The van der Waals surface area contributed by atoms with E-state index in [0.717, 1.165) is 19.3 Å². The highest BCUT2D eigenvalue weighted by Crippen LogP contribution is 2.07. The lowest BCUT2D eigenvalue weighted by Gasteiger charge is -2.12. The van der Waals surface area contributed by atoms with Gasteiger partial charge in [-0.25, -0.2) is 0 Å². The minimum absolute atomic E-state index is 0.0582. The average molecular weight is 159 g/mol. The highest BCUT2D eigenvalue weighted by molar-refractivity contribution is 5.37. The molecule has 1 N–H and O–H groups in total. The Hall–Kier alpha value is -0.570. The topological polar surface area (TPSA) is 46.5 Å². The summed E-state index contributed by atoms with van der Waals surface area (Å²) < 4.78 is 4.75. The number of hydrogen-bond acceptors (Lipinski definition) is 3. The van der Waals surface area contributed by atoms with Crippen LogP contribution in [0.4, 0.5) is 0 Å². The molecule has 1 atom stereocenters. The van der Waals surface area contributed by atoms with Crippen LogP contribution in [0.3, 0.4) is 0 Å². The molecule has 0 bridgehead atoms. The summed E-state index contributed by atoms with van der Waals surface area (Å²) in [7, 11) is 0. The zero-order chi connectivity index (χ0) is 8.53. The monoisotopic (exact) mass is 159 g/mol. The van der Waals surface area contributed by atoms with Crippen molar-refractivity contribution in [3.05, 3.63) is 6.92 Å². The molecule has 0 aromatic heterocycles. The van der Waals surface area contributed by atoms with Gasteiger partial charge >= 0.3 is 0 Å². The molecule has 11 heavy (non-hydrogen) atoms. The molecule has 0 amide bonds. The molecule has 0 aliphatic carbocycles. The van der Waals surface area contributed by atoms with E-state index in [-0.39, 0.29) is 12.7 Å². The van der Waals surface area contributed by atoms with Gasteiger partial charge in [0.05, 0.1) is 0 Å². The van der Waals surface area contributed by atoms with E-state index in [0.29, 0.717) is 12.9 Å². The van der Waals surface area contributed by atoms with Crippen molar-refractivity contribution in [2.24, 2.45) is 0 Å². The molecule has 0 saturated carbocycles. The van der Waals surface area contributed by atoms with Crippen molar-refractivity contribution >= 4 is 6.47 Å². The van der Waals surface area contributed by atoms with Gasteiger partial charge in [-0.15, -0.1) is 0 Å². The van der Waals surface area contributed by atoms with E-state index >= 15 is 0 Å². The molecular weight excluding hydrogens is 144 g/mol. The van der Waals surface area contributed by atoms with Gasteiger partial charge in [-0.3, -0.25) is 4.79 Å². The van der Waals surface area contributed by atoms with Gasteiger partial charge in [-0.1, -0.05) is 6.92 Å². The Morgan fingerprint density at radius 3 is 2.73 bits per heavy atom. The first-order valence-electron chi connectivity index (χ1n) is 3.84. The molecule has 0 rings (SSSR count). The average Bonchev–Trinajstić information content (AvgIpc) is 2.01. The third kappa shape index (κ3) is 5.85. The van der Waals surface area contributed by atoms with Gasteiger partial charge in [0.15, 0.2) is 0 Å². The summed E-state index contributed by atoms with van der Waals surface area (Å²) in [5.41, 5.74) is 0. The second-order valence-electron chi connectivity index (χ2n) is 2.36. The van der Waals surface area contributed by atoms with Crippen molar-refractivity contribution in [3.8, 4) is 0 Å². The smallest absolute Gasteiger partial charge is 0.293 e. The zero-order valence-corrected chi connectivity index (χ0v) is 6.66. The fourth-order valence-electron chi connectivity index (χ4n) is 0.906. The van der Waals surface area contributed by atoms with E-state index in [1.807, 2.05) is 0 Å². The molecule has 0 aliphatic rings. The summed E-state index contributed by atoms with van der Waals surface area (Å²) in [4.78, 5) is 9.95. The van der Waals surface area contributed by atoms with Crippen LogP contribution in [0.15, 0.2) is 0 Å². The minimum Gasteiger partial charge on any atom is -0.465 e. The molecule has 65 valence electrons. The van der Waals surface area contributed by atoms with Crippen LogP contribution in [0.2, 0.25) is 0 Å². The maximum Gasteiger partial charge on any atom is 0.293 e. The van der Waals surface area contributed by atoms with Gasteiger partial charge in [0.2, 0.25) is 0 Å². The van der Waals surface area contributed by atoms with E-state index < -0.39 is 0 Å². The normalized spacial score (nSPS) is 12.5. The molecular formula is C8H15O3. The molecule has 0 heterocycles. The Morgan fingerprint density at radius 2 is 2.27 bits per heavy atom. The molecule has 1 unspecified atom stereocenters. The molecule has 0 saturated heterocycles. The third-order valence-corrected chi connectivity index (χ3v) is 1.46. The summed E-state index contributed by atoms with van der Waals surface area (Å²) in [6.07, 6.45) is 2.88.